The lowest BCUT2D eigenvalue weighted by Gasteiger charge is -2.32. The van der Waals surface area contributed by atoms with E-state index in [1.807, 2.05) is 0 Å². The zero-order chi connectivity index (χ0) is 9.56. The maximum Gasteiger partial charge on any atom is 0.0987 e. The Balaban J connectivity index is 4.02. The molecule has 0 aliphatic carbocycles. The van der Waals surface area contributed by atoms with Gasteiger partial charge in [-0.25, -0.2) is 9.80 Å². The van der Waals surface area contributed by atoms with E-state index < -0.39 is 6.17 Å². The Bertz CT molecular complexity index is 93.7. The maximum atomic E-state index is 8.71. The lowest BCUT2D eigenvalue weighted by Crippen LogP contribution is -2.48. The van der Waals surface area contributed by atoms with Crippen LogP contribution in [0.3, 0.4) is 0 Å². The van der Waals surface area contributed by atoms with Gasteiger partial charge in [-0.05, 0) is 6.92 Å². The Hall–Kier alpha value is -0.240. The molecule has 4 N–H and O–H groups in total. The highest BCUT2D eigenvalue weighted by Crippen LogP contribution is 2.01. The lowest BCUT2D eigenvalue weighted by molar-refractivity contribution is -0.101. The van der Waals surface area contributed by atoms with Crippen LogP contribution in [0.15, 0.2) is 0 Å². The highest BCUT2D eigenvalue weighted by atomic mass is 16.3. The van der Waals surface area contributed by atoms with Crippen LogP contribution in [-0.4, -0.2) is 63.3 Å². The second-order valence-electron chi connectivity index (χ2n) is 2.38. The van der Waals surface area contributed by atoms with Gasteiger partial charge in [0.05, 0.1) is 33.1 Å². The molecule has 0 amide bonds. The van der Waals surface area contributed by atoms with Crippen LogP contribution in [0.1, 0.15) is 6.92 Å². The first-order valence-corrected chi connectivity index (χ1v) is 3.62. The molecule has 0 fully saturated rings. The molecule has 12 heavy (non-hydrogen) atoms. The summed E-state index contributed by atoms with van der Waals surface area (Å²) in [5.41, 5.74) is 0. The summed E-state index contributed by atoms with van der Waals surface area (Å²) in [6, 6.07) is 0. The molecular formula is C6H16N2O4. The summed E-state index contributed by atoms with van der Waals surface area (Å²) in [6.07, 6.45) is -0.407. The summed E-state index contributed by atoms with van der Waals surface area (Å²) in [7, 11) is 0. The molecule has 0 radical (unpaired) electrons. The highest BCUT2D eigenvalue weighted by Gasteiger charge is 2.17. The SMILES string of the molecule is CC(N(CO)CO)N(CO)CO. The third-order valence-corrected chi connectivity index (χ3v) is 1.78. The van der Waals surface area contributed by atoms with Crippen molar-refractivity contribution < 1.29 is 20.4 Å². The molecule has 0 aliphatic heterocycles. The first-order chi connectivity index (χ1) is 5.71. The third-order valence-electron chi connectivity index (χ3n) is 1.78. The van der Waals surface area contributed by atoms with Gasteiger partial charge in [-0.2, -0.15) is 0 Å². The van der Waals surface area contributed by atoms with Crippen LogP contribution in [0.4, 0.5) is 0 Å². The summed E-state index contributed by atoms with van der Waals surface area (Å²) in [4.78, 5) is 2.54. The van der Waals surface area contributed by atoms with Crippen molar-refractivity contribution in [3.05, 3.63) is 0 Å². The highest BCUT2D eigenvalue weighted by molar-refractivity contribution is 4.59. The molecule has 0 atom stereocenters. The molecule has 0 bridgehead atoms. The molecule has 74 valence electrons. The first kappa shape index (κ1) is 11.8. The van der Waals surface area contributed by atoms with Gasteiger partial charge in [0.15, 0.2) is 0 Å². The molecule has 6 nitrogen and oxygen atoms in total. The van der Waals surface area contributed by atoms with Crippen LogP contribution in [0.5, 0.6) is 0 Å². The largest absolute Gasteiger partial charge is 0.381 e. The van der Waals surface area contributed by atoms with Crippen LogP contribution in [0.25, 0.3) is 0 Å². The Morgan fingerprint density at radius 1 is 0.833 bits per heavy atom. The third kappa shape index (κ3) is 3.02. The quantitative estimate of drug-likeness (QED) is 0.345. The van der Waals surface area contributed by atoms with Gasteiger partial charge >= 0.3 is 0 Å². The molecule has 0 unspecified atom stereocenters. The van der Waals surface area contributed by atoms with Crippen LogP contribution in [0, 0.1) is 0 Å². The number of nitrogens with zero attached hydrogens (tertiary/aromatic N) is 2. The summed E-state index contributed by atoms with van der Waals surface area (Å²) < 4.78 is 0. The standard InChI is InChI=1S/C6H16N2O4/c1-6(7(2-9)3-10)8(4-11)5-12/h6,9-12H,2-5H2,1H3. The van der Waals surface area contributed by atoms with Crippen LogP contribution >= 0.6 is 0 Å². The second-order valence-corrected chi connectivity index (χ2v) is 2.38. The van der Waals surface area contributed by atoms with Gasteiger partial charge in [0.1, 0.15) is 0 Å². The van der Waals surface area contributed by atoms with E-state index in [1.54, 1.807) is 6.92 Å². The van der Waals surface area contributed by atoms with Gasteiger partial charge in [-0.15, -0.1) is 0 Å². The molecule has 0 heterocycles. The van der Waals surface area contributed by atoms with E-state index in [1.165, 1.54) is 9.80 Å². The number of aliphatic hydroxyl groups is 4. The maximum absolute atomic E-state index is 8.71. The minimum absolute atomic E-state index is 0.325. The smallest absolute Gasteiger partial charge is 0.0987 e. The Labute approximate surface area is 71.3 Å². The molecule has 0 saturated heterocycles. The van der Waals surface area contributed by atoms with E-state index in [9.17, 15) is 0 Å². The zero-order valence-corrected chi connectivity index (χ0v) is 7.09. The van der Waals surface area contributed by atoms with Crippen molar-refractivity contribution in [2.75, 3.05) is 26.9 Å². The minimum Gasteiger partial charge on any atom is -0.381 e. The van der Waals surface area contributed by atoms with Gasteiger partial charge < -0.3 is 20.4 Å². The van der Waals surface area contributed by atoms with Crippen molar-refractivity contribution in [3.8, 4) is 0 Å². The Kier molecular flexibility index (Phi) is 6.17. The molecule has 0 saturated carbocycles. The fraction of sp³-hybridized carbons (Fsp3) is 1.00. The first-order valence-electron chi connectivity index (χ1n) is 3.62. The van der Waals surface area contributed by atoms with Crippen molar-refractivity contribution >= 4 is 0 Å². The van der Waals surface area contributed by atoms with Crippen LogP contribution in [-0.2, 0) is 0 Å². The topological polar surface area (TPSA) is 87.4 Å². The predicted molar refractivity (Wildman–Crippen MR) is 41.5 cm³/mol. The molecule has 0 spiro atoms. The van der Waals surface area contributed by atoms with Gasteiger partial charge in [0.2, 0.25) is 0 Å². The number of aliphatic hydroxyl groups excluding tert-OH is 4. The molecule has 0 rings (SSSR count). The average molecular weight is 180 g/mol. The normalized spacial score (nSPS) is 12.0. The van der Waals surface area contributed by atoms with Crippen LogP contribution < -0.4 is 0 Å². The molecule has 0 aromatic heterocycles. The number of hydrogen-bond donors (Lipinski definition) is 4. The van der Waals surface area contributed by atoms with E-state index in [2.05, 4.69) is 0 Å². The minimum atomic E-state index is -0.407. The van der Waals surface area contributed by atoms with E-state index in [4.69, 9.17) is 20.4 Å². The van der Waals surface area contributed by atoms with E-state index >= 15 is 0 Å². The average Bonchev–Trinajstić information content (AvgIpc) is 2.09. The van der Waals surface area contributed by atoms with Gasteiger partial charge in [-0.3, -0.25) is 0 Å². The summed E-state index contributed by atoms with van der Waals surface area (Å²) >= 11 is 0. The van der Waals surface area contributed by atoms with E-state index in [0.29, 0.717) is 0 Å². The van der Waals surface area contributed by atoms with Crippen molar-refractivity contribution in [1.82, 2.24) is 9.80 Å². The summed E-state index contributed by atoms with van der Waals surface area (Å²) in [5, 5.41) is 34.8. The number of rotatable bonds is 6. The summed E-state index contributed by atoms with van der Waals surface area (Å²) in [6.45, 7) is 0.351. The monoisotopic (exact) mass is 180 g/mol. The number of hydrogen-bond acceptors (Lipinski definition) is 6. The molecule has 0 aromatic carbocycles. The van der Waals surface area contributed by atoms with Gasteiger partial charge in [0.25, 0.3) is 0 Å². The predicted octanol–water partition coefficient (Wildman–Crippen LogP) is -2.26. The van der Waals surface area contributed by atoms with E-state index in [-0.39, 0.29) is 26.9 Å². The Morgan fingerprint density at radius 2 is 1.08 bits per heavy atom. The fourth-order valence-electron chi connectivity index (χ4n) is 0.793. The van der Waals surface area contributed by atoms with Crippen LogP contribution in [0.2, 0.25) is 0 Å². The summed E-state index contributed by atoms with van der Waals surface area (Å²) in [5.74, 6) is 0. The molecular weight excluding hydrogens is 164 g/mol. The van der Waals surface area contributed by atoms with E-state index in [0.717, 1.165) is 0 Å². The molecule has 6 heteroatoms. The van der Waals surface area contributed by atoms with Crippen molar-refractivity contribution in [2.24, 2.45) is 0 Å². The molecule has 0 aliphatic rings. The van der Waals surface area contributed by atoms with Crippen molar-refractivity contribution in [1.29, 1.82) is 0 Å². The Morgan fingerprint density at radius 3 is 1.25 bits per heavy atom. The fourth-order valence-corrected chi connectivity index (χ4v) is 0.793. The molecule has 0 aromatic rings. The van der Waals surface area contributed by atoms with Crippen molar-refractivity contribution in [3.63, 3.8) is 0 Å². The van der Waals surface area contributed by atoms with Crippen molar-refractivity contribution in [2.45, 2.75) is 13.1 Å². The second kappa shape index (κ2) is 6.30. The lowest BCUT2D eigenvalue weighted by atomic mass is 10.4. The van der Waals surface area contributed by atoms with Gasteiger partial charge in [0, 0.05) is 0 Å². The van der Waals surface area contributed by atoms with Gasteiger partial charge in [-0.1, -0.05) is 0 Å². The zero-order valence-electron chi connectivity index (χ0n) is 7.09.